The molecule has 25 heavy (non-hydrogen) atoms. The number of hydrogen-bond acceptors (Lipinski definition) is 6. The number of thiazole rings is 1. The number of likely N-dealkylation sites (tertiary alicyclic amines) is 1. The molecule has 7 nitrogen and oxygen atoms in total. The number of hydrogen-bond donors (Lipinski definition) is 1. The lowest BCUT2D eigenvalue weighted by molar-refractivity contribution is -0.385. The minimum Gasteiger partial charge on any atom is -0.298 e. The van der Waals surface area contributed by atoms with E-state index in [9.17, 15) is 14.9 Å². The molecule has 1 amide bonds. The smallest absolute Gasteiger partial charge is 0.285 e. The van der Waals surface area contributed by atoms with Gasteiger partial charge < -0.3 is 0 Å². The third-order valence-electron chi connectivity index (χ3n) is 4.27. The fourth-order valence-electron chi connectivity index (χ4n) is 3.03. The van der Waals surface area contributed by atoms with Crippen LogP contribution in [0.2, 0.25) is 0 Å². The molecule has 2 heterocycles. The number of anilines is 1. The Hall–Kier alpha value is -2.32. The van der Waals surface area contributed by atoms with Crippen LogP contribution in [-0.4, -0.2) is 33.8 Å². The zero-order valence-electron chi connectivity index (χ0n) is 14.0. The second-order valence-electron chi connectivity index (χ2n) is 6.16. The number of nitro benzene ring substituents is 1. The number of nitrogens with zero attached hydrogens (tertiary/aromatic N) is 3. The van der Waals surface area contributed by atoms with E-state index < -0.39 is 10.8 Å². The van der Waals surface area contributed by atoms with Crippen molar-refractivity contribution >= 4 is 28.1 Å². The summed E-state index contributed by atoms with van der Waals surface area (Å²) in [7, 11) is 0. The van der Waals surface area contributed by atoms with Crippen molar-refractivity contribution < 1.29 is 9.72 Å². The summed E-state index contributed by atoms with van der Waals surface area (Å²) in [6, 6.07) is 4.72. The van der Waals surface area contributed by atoms with Crippen molar-refractivity contribution in [1.29, 1.82) is 0 Å². The highest BCUT2D eigenvalue weighted by atomic mass is 32.1. The molecule has 0 aliphatic carbocycles. The zero-order chi connectivity index (χ0) is 17.8. The first-order valence-corrected chi connectivity index (χ1v) is 9.14. The van der Waals surface area contributed by atoms with Crippen LogP contribution in [0.15, 0.2) is 23.6 Å². The highest BCUT2D eigenvalue weighted by Crippen LogP contribution is 2.25. The first-order chi connectivity index (χ1) is 12.0. The number of carbonyl (C=O) groups excluding carboxylic acids is 1. The largest absolute Gasteiger partial charge is 0.298 e. The number of nitro groups is 1. The van der Waals surface area contributed by atoms with Gasteiger partial charge in [-0.25, -0.2) is 4.98 Å². The first kappa shape index (κ1) is 17.5. The van der Waals surface area contributed by atoms with Gasteiger partial charge in [0, 0.05) is 17.5 Å². The maximum absolute atomic E-state index is 12.4. The Bertz CT molecular complexity index is 784. The van der Waals surface area contributed by atoms with E-state index in [1.165, 1.54) is 36.7 Å². The molecule has 1 aromatic carbocycles. The molecule has 0 spiro atoms. The summed E-state index contributed by atoms with van der Waals surface area (Å²) >= 11 is 1.34. The molecular formula is C17H20N4O3S. The van der Waals surface area contributed by atoms with Crippen LogP contribution in [0, 0.1) is 17.0 Å². The number of aryl methyl sites for hydroxylation is 1. The van der Waals surface area contributed by atoms with E-state index in [1.807, 2.05) is 5.38 Å². The number of amides is 1. The van der Waals surface area contributed by atoms with Gasteiger partial charge in [-0.05, 0) is 38.9 Å². The van der Waals surface area contributed by atoms with Crippen molar-refractivity contribution in [2.45, 2.75) is 32.7 Å². The van der Waals surface area contributed by atoms with Crippen LogP contribution in [0.4, 0.5) is 10.8 Å². The molecular weight excluding hydrogens is 340 g/mol. The third-order valence-corrected chi connectivity index (χ3v) is 5.08. The molecule has 0 bridgehead atoms. The molecule has 2 aromatic rings. The molecule has 0 radical (unpaired) electrons. The Morgan fingerprint density at radius 2 is 2.12 bits per heavy atom. The fourth-order valence-corrected chi connectivity index (χ4v) is 3.73. The lowest BCUT2D eigenvalue weighted by Crippen LogP contribution is -2.29. The summed E-state index contributed by atoms with van der Waals surface area (Å²) in [5, 5.41) is 16.3. The van der Waals surface area contributed by atoms with Gasteiger partial charge in [0.25, 0.3) is 11.6 Å². The number of nitrogens with one attached hydrogen (secondary N) is 1. The van der Waals surface area contributed by atoms with Crippen molar-refractivity contribution in [2.24, 2.45) is 0 Å². The van der Waals surface area contributed by atoms with Crippen molar-refractivity contribution in [3.8, 4) is 0 Å². The van der Waals surface area contributed by atoms with Crippen LogP contribution < -0.4 is 5.32 Å². The molecule has 0 unspecified atom stereocenters. The maximum Gasteiger partial charge on any atom is 0.285 e. The quantitative estimate of drug-likeness (QED) is 0.650. The molecule has 1 aromatic heterocycles. The SMILES string of the molecule is Cc1cccc(C(=O)Nc2nc(CN3CCCCC3)cs2)c1[N+](=O)[O-]. The monoisotopic (exact) mass is 360 g/mol. The second-order valence-corrected chi connectivity index (χ2v) is 7.02. The molecule has 0 saturated carbocycles. The molecule has 132 valence electrons. The van der Waals surface area contributed by atoms with Crippen molar-refractivity contribution in [3.63, 3.8) is 0 Å². The Kier molecular flexibility index (Phi) is 5.40. The molecule has 1 aliphatic rings. The lowest BCUT2D eigenvalue weighted by atomic mass is 10.1. The van der Waals surface area contributed by atoms with Crippen LogP contribution in [0.1, 0.15) is 40.9 Å². The summed E-state index contributed by atoms with van der Waals surface area (Å²) in [5.41, 5.74) is 1.27. The predicted octanol–water partition coefficient (Wildman–Crippen LogP) is 3.60. The van der Waals surface area contributed by atoms with Crippen molar-refractivity contribution in [2.75, 3.05) is 18.4 Å². The average molecular weight is 360 g/mol. The molecule has 1 saturated heterocycles. The second kappa shape index (κ2) is 7.71. The van der Waals surface area contributed by atoms with E-state index in [0.717, 1.165) is 25.3 Å². The Morgan fingerprint density at radius 1 is 1.36 bits per heavy atom. The lowest BCUT2D eigenvalue weighted by Gasteiger charge is -2.25. The standard InChI is InChI=1S/C17H20N4O3S/c1-12-6-5-7-14(15(12)21(23)24)16(22)19-17-18-13(11-25-17)10-20-8-3-2-4-9-20/h5-7,11H,2-4,8-10H2,1H3,(H,18,19,22). The highest BCUT2D eigenvalue weighted by molar-refractivity contribution is 7.14. The van der Waals surface area contributed by atoms with Crippen molar-refractivity contribution in [3.05, 3.63) is 50.5 Å². The Morgan fingerprint density at radius 3 is 2.84 bits per heavy atom. The Balaban J connectivity index is 1.70. The highest BCUT2D eigenvalue weighted by Gasteiger charge is 2.23. The van der Waals surface area contributed by atoms with Crippen LogP contribution in [0.3, 0.4) is 0 Å². The molecule has 0 atom stereocenters. The molecule has 1 aliphatic heterocycles. The minimum atomic E-state index is -0.520. The fraction of sp³-hybridized carbons (Fsp3) is 0.412. The van der Waals surface area contributed by atoms with Gasteiger partial charge in [-0.3, -0.25) is 25.1 Å². The normalized spacial score (nSPS) is 15.1. The number of rotatable bonds is 5. The predicted molar refractivity (Wildman–Crippen MR) is 97.0 cm³/mol. The molecule has 1 N–H and O–H groups in total. The number of piperidine rings is 1. The van der Waals surface area contributed by atoms with Gasteiger partial charge in [0.2, 0.25) is 0 Å². The Labute approximate surface area is 149 Å². The topological polar surface area (TPSA) is 88.4 Å². The van der Waals surface area contributed by atoms with E-state index >= 15 is 0 Å². The van der Waals surface area contributed by atoms with Gasteiger partial charge in [0.15, 0.2) is 5.13 Å². The van der Waals surface area contributed by atoms with Crippen LogP contribution >= 0.6 is 11.3 Å². The molecule has 3 rings (SSSR count). The van der Waals surface area contributed by atoms with Crippen LogP contribution in [0.25, 0.3) is 0 Å². The van der Waals surface area contributed by atoms with Crippen molar-refractivity contribution in [1.82, 2.24) is 9.88 Å². The van der Waals surface area contributed by atoms with E-state index in [1.54, 1.807) is 19.1 Å². The molecule has 8 heteroatoms. The average Bonchev–Trinajstić information content (AvgIpc) is 3.02. The number of para-hydroxylation sites is 1. The van der Waals surface area contributed by atoms with Crippen LogP contribution in [0.5, 0.6) is 0 Å². The van der Waals surface area contributed by atoms with Gasteiger partial charge in [-0.2, -0.15) is 0 Å². The van der Waals surface area contributed by atoms with Gasteiger partial charge in [0.05, 0.1) is 10.6 Å². The number of aromatic nitrogens is 1. The summed E-state index contributed by atoms with van der Waals surface area (Å²) in [4.78, 5) is 29.9. The van der Waals surface area contributed by atoms with Gasteiger partial charge in [0.1, 0.15) is 5.56 Å². The van der Waals surface area contributed by atoms with Gasteiger partial charge in [-0.15, -0.1) is 11.3 Å². The molecule has 1 fully saturated rings. The first-order valence-electron chi connectivity index (χ1n) is 8.26. The minimum absolute atomic E-state index is 0.0535. The van der Waals surface area contributed by atoms with Gasteiger partial charge >= 0.3 is 0 Å². The van der Waals surface area contributed by atoms with E-state index in [2.05, 4.69) is 15.2 Å². The van der Waals surface area contributed by atoms with Gasteiger partial charge in [-0.1, -0.05) is 18.6 Å². The summed E-state index contributed by atoms with van der Waals surface area (Å²) < 4.78 is 0. The van der Waals surface area contributed by atoms with Crippen LogP contribution in [-0.2, 0) is 6.54 Å². The number of benzene rings is 1. The summed E-state index contributed by atoms with van der Waals surface area (Å²) in [6.07, 6.45) is 3.71. The maximum atomic E-state index is 12.4. The third kappa shape index (κ3) is 4.21. The van der Waals surface area contributed by atoms with E-state index in [-0.39, 0.29) is 11.3 Å². The summed E-state index contributed by atoms with van der Waals surface area (Å²) in [5.74, 6) is -0.505. The summed E-state index contributed by atoms with van der Waals surface area (Å²) in [6.45, 7) is 4.55. The van der Waals surface area contributed by atoms with E-state index in [4.69, 9.17) is 0 Å². The van der Waals surface area contributed by atoms with E-state index in [0.29, 0.717) is 10.7 Å². The zero-order valence-corrected chi connectivity index (χ0v) is 14.8. The number of carbonyl (C=O) groups is 1.